The Kier molecular flexibility index (Phi) is 6.42. The van der Waals surface area contributed by atoms with E-state index in [1.54, 1.807) is 24.3 Å². The molecule has 2 rings (SSSR count). The largest absolute Gasteiger partial charge is 0.352 e. The minimum absolute atomic E-state index is 0.117. The van der Waals surface area contributed by atoms with E-state index in [0.717, 1.165) is 23.1 Å². The zero-order chi connectivity index (χ0) is 19.3. The highest BCUT2D eigenvalue weighted by Crippen LogP contribution is 2.28. The maximum Gasteiger partial charge on any atom is 0.251 e. The Balaban J connectivity index is 2.29. The molecule has 0 radical (unpaired) electrons. The third-order valence-corrected chi connectivity index (χ3v) is 5.28. The second kappa shape index (κ2) is 8.36. The summed E-state index contributed by atoms with van der Waals surface area (Å²) in [5.74, 6) is -0.117. The summed E-state index contributed by atoms with van der Waals surface area (Å²) >= 11 is 0. The number of aryl methyl sites for hydroxylation is 2. The van der Waals surface area contributed by atoms with E-state index in [-0.39, 0.29) is 12.5 Å². The van der Waals surface area contributed by atoms with E-state index >= 15 is 0 Å². The van der Waals surface area contributed by atoms with Crippen LogP contribution < -0.4 is 9.62 Å². The summed E-state index contributed by atoms with van der Waals surface area (Å²) in [6.45, 7) is 6.66. The minimum atomic E-state index is -3.45. The number of nitrogens with zero attached hydrogens (tertiary/aromatic N) is 1. The quantitative estimate of drug-likeness (QED) is 0.808. The lowest BCUT2D eigenvalue weighted by atomic mass is 10.1. The summed E-state index contributed by atoms with van der Waals surface area (Å²) in [5, 5.41) is 2.83. The van der Waals surface area contributed by atoms with Gasteiger partial charge in [-0.1, -0.05) is 37.3 Å². The number of carbonyl (C=O) groups excluding carboxylic acids is 1. The Labute approximate surface area is 156 Å². The molecule has 6 heteroatoms. The summed E-state index contributed by atoms with van der Waals surface area (Å²) in [4.78, 5) is 12.0. The van der Waals surface area contributed by atoms with Gasteiger partial charge in [0, 0.05) is 12.1 Å². The first-order valence-corrected chi connectivity index (χ1v) is 10.5. The number of amides is 1. The van der Waals surface area contributed by atoms with Crippen LogP contribution in [0.15, 0.2) is 42.5 Å². The topological polar surface area (TPSA) is 66.5 Å². The van der Waals surface area contributed by atoms with Gasteiger partial charge in [0.1, 0.15) is 0 Å². The fourth-order valence-corrected chi connectivity index (χ4v) is 3.83. The van der Waals surface area contributed by atoms with E-state index in [1.807, 2.05) is 39.0 Å². The third-order valence-electron chi connectivity index (χ3n) is 4.17. The van der Waals surface area contributed by atoms with Crippen LogP contribution in [-0.4, -0.2) is 27.1 Å². The summed E-state index contributed by atoms with van der Waals surface area (Å²) < 4.78 is 26.2. The van der Waals surface area contributed by atoms with Gasteiger partial charge in [-0.05, 0) is 49.1 Å². The van der Waals surface area contributed by atoms with Crippen molar-refractivity contribution in [2.75, 3.05) is 17.1 Å². The molecule has 5 nitrogen and oxygen atoms in total. The van der Waals surface area contributed by atoms with E-state index in [4.69, 9.17) is 0 Å². The van der Waals surface area contributed by atoms with E-state index in [9.17, 15) is 13.2 Å². The van der Waals surface area contributed by atoms with E-state index < -0.39 is 10.0 Å². The molecule has 0 aliphatic carbocycles. The van der Waals surface area contributed by atoms with Crippen LogP contribution >= 0.6 is 0 Å². The van der Waals surface area contributed by atoms with Gasteiger partial charge in [-0.3, -0.25) is 9.10 Å². The lowest BCUT2D eigenvalue weighted by Gasteiger charge is -2.26. The molecular formula is C20H26N2O3S. The standard InChI is InChI=1S/C20H26N2O3S/c1-5-13-21-20(23)18-11-9-17(10-12-18)14-22(26(4,24)25)19-15(2)7-6-8-16(19)3/h6-12H,5,13-14H2,1-4H3,(H,21,23). The molecule has 26 heavy (non-hydrogen) atoms. The number of benzene rings is 2. The number of sulfonamides is 1. The fraction of sp³-hybridized carbons (Fsp3) is 0.350. The molecule has 0 saturated carbocycles. The van der Waals surface area contributed by atoms with E-state index in [0.29, 0.717) is 17.8 Å². The Bertz CT molecular complexity index is 854. The van der Waals surface area contributed by atoms with Crippen molar-refractivity contribution in [2.45, 2.75) is 33.7 Å². The molecule has 1 amide bonds. The summed E-state index contributed by atoms with van der Waals surface area (Å²) in [6, 6.07) is 12.8. The molecule has 0 heterocycles. The average molecular weight is 375 g/mol. The highest BCUT2D eigenvalue weighted by Gasteiger charge is 2.21. The summed E-state index contributed by atoms with van der Waals surface area (Å²) in [7, 11) is -3.45. The van der Waals surface area contributed by atoms with E-state index in [2.05, 4.69) is 5.32 Å². The van der Waals surface area contributed by atoms with Crippen molar-refractivity contribution in [3.8, 4) is 0 Å². The van der Waals surface area contributed by atoms with Gasteiger partial charge in [0.25, 0.3) is 5.91 Å². The fourth-order valence-electron chi connectivity index (χ4n) is 2.83. The first-order chi connectivity index (χ1) is 12.2. The normalized spacial score (nSPS) is 11.2. The molecule has 0 aromatic heterocycles. The van der Waals surface area contributed by atoms with E-state index in [1.165, 1.54) is 10.6 Å². The van der Waals surface area contributed by atoms with Gasteiger partial charge in [-0.25, -0.2) is 8.42 Å². The number of hydrogen-bond acceptors (Lipinski definition) is 3. The number of anilines is 1. The van der Waals surface area contributed by atoms with Crippen LogP contribution in [0.3, 0.4) is 0 Å². The van der Waals surface area contributed by atoms with Gasteiger partial charge in [-0.15, -0.1) is 0 Å². The van der Waals surface area contributed by atoms with Crippen molar-refractivity contribution in [3.63, 3.8) is 0 Å². The lowest BCUT2D eigenvalue weighted by Crippen LogP contribution is -2.30. The van der Waals surface area contributed by atoms with Gasteiger partial charge in [0.15, 0.2) is 0 Å². The Hall–Kier alpha value is -2.34. The number of para-hydroxylation sites is 1. The molecule has 0 aliphatic rings. The van der Waals surface area contributed by atoms with Gasteiger partial charge in [0.2, 0.25) is 10.0 Å². The number of rotatable bonds is 7. The zero-order valence-corrected chi connectivity index (χ0v) is 16.6. The monoisotopic (exact) mass is 374 g/mol. The molecule has 2 aromatic rings. The van der Waals surface area contributed by atoms with Crippen LogP contribution in [0.1, 0.15) is 40.4 Å². The molecular weight excluding hydrogens is 348 g/mol. The first kappa shape index (κ1) is 20.0. The number of carbonyl (C=O) groups is 1. The maximum absolute atomic E-state index is 12.4. The second-order valence-corrected chi connectivity index (χ2v) is 8.37. The molecule has 0 fully saturated rings. The Morgan fingerprint density at radius 3 is 2.12 bits per heavy atom. The smallest absolute Gasteiger partial charge is 0.251 e. The molecule has 0 atom stereocenters. The van der Waals surface area contributed by atoms with Crippen LogP contribution in [-0.2, 0) is 16.6 Å². The van der Waals surface area contributed by atoms with Gasteiger partial charge < -0.3 is 5.32 Å². The molecule has 0 bridgehead atoms. The van der Waals surface area contributed by atoms with Crippen LogP contribution in [0, 0.1) is 13.8 Å². The second-order valence-electron chi connectivity index (χ2n) is 6.46. The molecule has 140 valence electrons. The van der Waals surface area contributed by atoms with Crippen molar-refractivity contribution in [3.05, 3.63) is 64.7 Å². The molecule has 0 unspecified atom stereocenters. The van der Waals surface area contributed by atoms with Crippen LogP contribution in [0.5, 0.6) is 0 Å². The SMILES string of the molecule is CCCNC(=O)c1ccc(CN(c2c(C)cccc2C)S(C)(=O)=O)cc1. The Morgan fingerprint density at radius 1 is 1.04 bits per heavy atom. The molecule has 0 saturated heterocycles. The van der Waals surface area contributed by atoms with Gasteiger partial charge in [-0.2, -0.15) is 0 Å². The minimum Gasteiger partial charge on any atom is -0.352 e. The van der Waals surface area contributed by atoms with Crippen molar-refractivity contribution < 1.29 is 13.2 Å². The van der Waals surface area contributed by atoms with Crippen molar-refractivity contribution in [1.82, 2.24) is 5.32 Å². The van der Waals surface area contributed by atoms with Crippen molar-refractivity contribution >= 4 is 21.6 Å². The third kappa shape index (κ3) is 4.85. The highest BCUT2D eigenvalue weighted by atomic mass is 32.2. The van der Waals surface area contributed by atoms with Crippen molar-refractivity contribution in [2.24, 2.45) is 0 Å². The number of hydrogen-bond donors (Lipinski definition) is 1. The lowest BCUT2D eigenvalue weighted by molar-refractivity contribution is 0.0953. The van der Waals surface area contributed by atoms with Crippen LogP contribution in [0.25, 0.3) is 0 Å². The van der Waals surface area contributed by atoms with Crippen LogP contribution in [0.2, 0.25) is 0 Å². The predicted molar refractivity (Wildman–Crippen MR) is 106 cm³/mol. The number of nitrogens with one attached hydrogen (secondary N) is 1. The summed E-state index contributed by atoms with van der Waals surface area (Å²) in [6.07, 6.45) is 2.09. The molecule has 0 aliphatic heterocycles. The molecule has 0 spiro atoms. The molecule has 2 aromatic carbocycles. The highest BCUT2D eigenvalue weighted by molar-refractivity contribution is 7.92. The summed E-state index contributed by atoms with van der Waals surface area (Å²) in [5.41, 5.74) is 3.92. The van der Waals surface area contributed by atoms with Crippen LogP contribution in [0.4, 0.5) is 5.69 Å². The zero-order valence-electron chi connectivity index (χ0n) is 15.7. The van der Waals surface area contributed by atoms with Gasteiger partial charge >= 0.3 is 0 Å². The van der Waals surface area contributed by atoms with Crippen molar-refractivity contribution in [1.29, 1.82) is 0 Å². The van der Waals surface area contributed by atoms with Gasteiger partial charge in [0.05, 0.1) is 18.5 Å². The Morgan fingerprint density at radius 2 is 1.62 bits per heavy atom. The maximum atomic E-state index is 12.4. The average Bonchev–Trinajstić information content (AvgIpc) is 2.58. The molecule has 1 N–H and O–H groups in total. The first-order valence-electron chi connectivity index (χ1n) is 8.65. The predicted octanol–water partition coefficient (Wildman–Crippen LogP) is 3.41.